The van der Waals surface area contributed by atoms with Crippen LogP contribution in [-0.4, -0.2) is 38.9 Å². The van der Waals surface area contributed by atoms with Gasteiger partial charge in [-0.05, 0) is 66.4 Å². The Kier molecular flexibility index (Phi) is 6.45. The molecule has 1 aliphatic rings. The smallest absolute Gasteiger partial charge is 0.343 e. The van der Waals surface area contributed by atoms with E-state index in [0.29, 0.717) is 24.4 Å². The molecule has 0 radical (unpaired) electrons. The third-order valence-electron chi connectivity index (χ3n) is 5.49. The fourth-order valence-electron chi connectivity index (χ4n) is 3.69. The maximum Gasteiger partial charge on any atom is 0.343 e. The van der Waals surface area contributed by atoms with Gasteiger partial charge < -0.3 is 9.47 Å². The zero-order valence-corrected chi connectivity index (χ0v) is 18.8. The summed E-state index contributed by atoms with van der Waals surface area (Å²) >= 11 is 0. The van der Waals surface area contributed by atoms with Crippen LogP contribution in [0.4, 0.5) is 0 Å². The van der Waals surface area contributed by atoms with Crippen molar-refractivity contribution in [1.82, 2.24) is 4.31 Å². The number of esters is 1. The molecule has 0 N–H and O–H groups in total. The van der Waals surface area contributed by atoms with Gasteiger partial charge in [-0.2, -0.15) is 9.57 Å². The van der Waals surface area contributed by atoms with Crippen LogP contribution in [0.2, 0.25) is 0 Å². The van der Waals surface area contributed by atoms with Crippen LogP contribution in [0.15, 0.2) is 71.6 Å². The van der Waals surface area contributed by atoms with E-state index in [-0.39, 0.29) is 16.2 Å². The van der Waals surface area contributed by atoms with E-state index in [1.54, 1.807) is 36.4 Å². The highest BCUT2D eigenvalue weighted by molar-refractivity contribution is 7.89. The molecule has 3 aromatic carbocycles. The van der Waals surface area contributed by atoms with Crippen LogP contribution in [-0.2, 0) is 10.0 Å². The van der Waals surface area contributed by atoms with E-state index < -0.39 is 16.0 Å². The second-order valence-electron chi connectivity index (χ2n) is 7.58. The molecule has 0 amide bonds. The molecular formula is C25H22N2O5S. The Morgan fingerprint density at radius 1 is 0.939 bits per heavy atom. The van der Waals surface area contributed by atoms with E-state index in [9.17, 15) is 13.2 Å². The van der Waals surface area contributed by atoms with Crippen molar-refractivity contribution in [1.29, 1.82) is 5.26 Å². The van der Waals surface area contributed by atoms with E-state index in [4.69, 9.17) is 14.7 Å². The average molecular weight is 463 g/mol. The van der Waals surface area contributed by atoms with Gasteiger partial charge in [-0.15, -0.1) is 0 Å². The van der Waals surface area contributed by atoms with Crippen LogP contribution in [0.3, 0.4) is 0 Å². The molecule has 7 nitrogen and oxygen atoms in total. The Morgan fingerprint density at radius 3 is 2.12 bits per heavy atom. The summed E-state index contributed by atoms with van der Waals surface area (Å²) in [6.07, 6.45) is 1.61. The summed E-state index contributed by atoms with van der Waals surface area (Å²) < 4.78 is 38.2. The first-order valence-corrected chi connectivity index (χ1v) is 11.9. The number of rotatable bonds is 6. The lowest BCUT2D eigenvalue weighted by atomic mass is 10.0. The Labute approximate surface area is 192 Å². The Bertz CT molecular complexity index is 1300. The first-order chi connectivity index (χ1) is 15.9. The molecule has 0 atom stereocenters. The normalized spacial score (nSPS) is 13.9. The van der Waals surface area contributed by atoms with Crippen molar-refractivity contribution in [2.24, 2.45) is 0 Å². The summed E-state index contributed by atoms with van der Waals surface area (Å²) in [6.45, 7) is 0.900. The third kappa shape index (κ3) is 4.75. The molecule has 1 saturated heterocycles. The molecule has 1 fully saturated rings. The first kappa shape index (κ1) is 22.5. The first-order valence-electron chi connectivity index (χ1n) is 10.4. The molecule has 168 valence electrons. The van der Waals surface area contributed by atoms with Crippen LogP contribution in [0.25, 0.3) is 11.1 Å². The van der Waals surface area contributed by atoms with E-state index in [2.05, 4.69) is 6.07 Å². The lowest BCUT2D eigenvalue weighted by Gasteiger charge is -2.18. The van der Waals surface area contributed by atoms with Gasteiger partial charge in [-0.25, -0.2) is 13.2 Å². The molecular weight excluding hydrogens is 440 g/mol. The number of ether oxygens (including phenoxy) is 2. The number of methoxy groups -OCH3 is 1. The van der Waals surface area contributed by atoms with Gasteiger partial charge in [0.05, 0.1) is 24.3 Å². The van der Waals surface area contributed by atoms with Gasteiger partial charge in [0.1, 0.15) is 16.4 Å². The van der Waals surface area contributed by atoms with E-state index in [0.717, 1.165) is 24.0 Å². The molecule has 0 spiro atoms. The van der Waals surface area contributed by atoms with Crippen LogP contribution in [0.1, 0.15) is 28.8 Å². The van der Waals surface area contributed by atoms with Gasteiger partial charge in [0, 0.05) is 13.1 Å². The van der Waals surface area contributed by atoms with Crippen molar-refractivity contribution in [3.05, 3.63) is 77.9 Å². The highest BCUT2D eigenvalue weighted by Gasteiger charge is 2.31. The minimum absolute atomic E-state index is 0.0440. The number of hydrogen-bond acceptors (Lipinski definition) is 6. The number of nitrogens with zero attached hydrogens (tertiary/aromatic N) is 2. The lowest BCUT2D eigenvalue weighted by molar-refractivity contribution is 0.0734. The topological polar surface area (TPSA) is 96.7 Å². The van der Waals surface area contributed by atoms with Gasteiger partial charge in [0.2, 0.25) is 10.0 Å². The number of carbonyl (C=O) groups is 1. The number of nitriles is 1. The molecule has 1 aliphatic heterocycles. The Hall–Kier alpha value is -3.67. The molecule has 0 unspecified atom stereocenters. The maximum absolute atomic E-state index is 13.0. The number of benzene rings is 3. The molecule has 0 aromatic heterocycles. The summed E-state index contributed by atoms with van der Waals surface area (Å²) in [5.74, 6) is -0.149. The maximum atomic E-state index is 13.0. The van der Waals surface area contributed by atoms with E-state index >= 15 is 0 Å². The summed E-state index contributed by atoms with van der Waals surface area (Å²) in [5.41, 5.74) is 2.53. The predicted octanol–water partition coefficient (Wildman–Crippen LogP) is 4.24. The second-order valence-corrected chi connectivity index (χ2v) is 9.49. The van der Waals surface area contributed by atoms with Gasteiger partial charge >= 0.3 is 5.97 Å². The molecule has 33 heavy (non-hydrogen) atoms. The summed E-state index contributed by atoms with van der Waals surface area (Å²) in [5, 5.41) is 8.92. The summed E-state index contributed by atoms with van der Waals surface area (Å²) in [6, 6.07) is 20.4. The summed E-state index contributed by atoms with van der Waals surface area (Å²) in [7, 11) is -2.38. The van der Waals surface area contributed by atoms with Crippen LogP contribution in [0, 0.1) is 11.3 Å². The molecule has 0 bridgehead atoms. The molecule has 0 saturated carbocycles. The van der Waals surface area contributed by atoms with Crippen LogP contribution in [0.5, 0.6) is 11.5 Å². The van der Waals surface area contributed by atoms with Gasteiger partial charge in [-0.1, -0.05) is 24.3 Å². The monoisotopic (exact) mass is 462 g/mol. The van der Waals surface area contributed by atoms with Crippen LogP contribution < -0.4 is 9.47 Å². The fourth-order valence-corrected chi connectivity index (χ4v) is 5.39. The second kappa shape index (κ2) is 9.45. The van der Waals surface area contributed by atoms with Crippen molar-refractivity contribution in [3.63, 3.8) is 0 Å². The minimum atomic E-state index is -3.77. The molecule has 8 heteroatoms. The zero-order chi connectivity index (χ0) is 23.4. The molecule has 0 aliphatic carbocycles. The highest BCUT2D eigenvalue weighted by atomic mass is 32.2. The Morgan fingerprint density at radius 2 is 1.55 bits per heavy atom. The van der Waals surface area contributed by atoms with Crippen molar-refractivity contribution < 1.29 is 22.7 Å². The molecule has 3 aromatic rings. The summed E-state index contributed by atoms with van der Waals surface area (Å²) in [4.78, 5) is 12.7. The minimum Gasteiger partial charge on any atom is -0.495 e. The molecule has 1 heterocycles. The lowest BCUT2D eigenvalue weighted by Crippen LogP contribution is -2.28. The number of hydrogen-bond donors (Lipinski definition) is 0. The highest BCUT2D eigenvalue weighted by Crippen LogP contribution is 2.30. The van der Waals surface area contributed by atoms with Gasteiger partial charge in [0.15, 0.2) is 0 Å². The zero-order valence-electron chi connectivity index (χ0n) is 18.0. The van der Waals surface area contributed by atoms with Crippen molar-refractivity contribution in [2.45, 2.75) is 17.7 Å². The largest absolute Gasteiger partial charge is 0.495 e. The van der Waals surface area contributed by atoms with Gasteiger partial charge in [-0.3, -0.25) is 0 Å². The SMILES string of the molecule is COc1ccc(C(=O)Oc2ccc(-c3ccc(C#N)cc3)cc2)cc1S(=O)(=O)N1CCCC1. The van der Waals surface area contributed by atoms with Crippen molar-refractivity contribution in [3.8, 4) is 28.7 Å². The number of carbonyl (C=O) groups excluding carboxylic acids is 1. The van der Waals surface area contributed by atoms with E-state index in [1.165, 1.54) is 29.6 Å². The molecule has 4 rings (SSSR count). The van der Waals surface area contributed by atoms with Crippen molar-refractivity contribution >= 4 is 16.0 Å². The quantitative estimate of drug-likeness (QED) is 0.402. The van der Waals surface area contributed by atoms with Gasteiger partial charge in [0.25, 0.3) is 0 Å². The Balaban J connectivity index is 1.54. The fraction of sp³-hybridized carbons (Fsp3) is 0.200. The number of sulfonamides is 1. The third-order valence-corrected chi connectivity index (χ3v) is 7.41. The van der Waals surface area contributed by atoms with E-state index in [1.807, 2.05) is 12.1 Å². The standard InChI is InChI=1S/C25H22N2O5S/c1-31-23-13-10-21(16-24(23)33(29,30)27-14-2-3-15-27)25(28)32-22-11-8-20(9-12-22)19-6-4-18(17-26)5-7-19/h4-13,16H,2-3,14-15H2,1H3. The average Bonchev–Trinajstić information content (AvgIpc) is 3.40. The van der Waals surface area contributed by atoms with Crippen molar-refractivity contribution in [2.75, 3.05) is 20.2 Å². The predicted molar refractivity (Wildman–Crippen MR) is 123 cm³/mol. The van der Waals surface area contributed by atoms with Crippen LogP contribution >= 0.6 is 0 Å².